The van der Waals surface area contributed by atoms with Crippen molar-refractivity contribution in [3.8, 4) is 0 Å². The summed E-state index contributed by atoms with van der Waals surface area (Å²) < 4.78 is 0.0576. The van der Waals surface area contributed by atoms with Gasteiger partial charge in [0.25, 0.3) is 0 Å². The van der Waals surface area contributed by atoms with Crippen LogP contribution in [0.2, 0.25) is 10.2 Å². The number of nitrogens with zero attached hydrogens (tertiary/aromatic N) is 2. The standard InChI is InChI=1S/C11H8Cl2N4O2S.C3H8/c12-7-4-2-1-3-6(7)5-14-10-8(17(18)19)9(13)15-11(20)16-10;1-3-2/h1-4H,5H2,(H2,14,15,16,20);3H2,1-2H3. The van der Waals surface area contributed by atoms with Gasteiger partial charge in [-0.1, -0.05) is 61.7 Å². The molecule has 124 valence electrons. The number of nitro groups is 1. The predicted molar refractivity (Wildman–Crippen MR) is 95.8 cm³/mol. The van der Waals surface area contributed by atoms with Gasteiger partial charge in [-0.2, -0.15) is 4.98 Å². The van der Waals surface area contributed by atoms with E-state index >= 15 is 0 Å². The summed E-state index contributed by atoms with van der Waals surface area (Å²) in [7, 11) is 0. The molecular formula is C14H16Cl2N4O2S. The van der Waals surface area contributed by atoms with E-state index in [0.29, 0.717) is 5.02 Å². The largest absolute Gasteiger partial charge is 0.360 e. The Hall–Kier alpha value is -1.70. The highest BCUT2D eigenvalue weighted by Gasteiger charge is 2.21. The van der Waals surface area contributed by atoms with Crippen LogP contribution < -0.4 is 5.32 Å². The number of benzene rings is 1. The summed E-state index contributed by atoms with van der Waals surface area (Å²) in [5.74, 6) is 0.00340. The lowest BCUT2D eigenvalue weighted by Crippen LogP contribution is -2.06. The number of aromatic amines is 1. The lowest BCUT2D eigenvalue weighted by atomic mass is 10.2. The Morgan fingerprint density at radius 1 is 1.35 bits per heavy atom. The van der Waals surface area contributed by atoms with Crippen molar-refractivity contribution in [2.75, 3.05) is 5.32 Å². The Kier molecular flexibility index (Phi) is 7.94. The van der Waals surface area contributed by atoms with Crippen LogP contribution in [0.3, 0.4) is 0 Å². The fraction of sp³-hybridized carbons (Fsp3) is 0.286. The van der Waals surface area contributed by atoms with Gasteiger partial charge in [-0.25, -0.2) is 0 Å². The molecule has 6 nitrogen and oxygen atoms in total. The maximum atomic E-state index is 11.0. The van der Waals surface area contributed by atoms with Gasteiger partial charge in [0.2, 0.25) is 5.82 Å². The zero-order valence-corrected chi connectivity index (χ0v) is 14.9. The van der Waals surface area contributed by atoms with Crippen LogP contribution in [0.15, 0.2) is 24.3 Å². The molecular weight excluding hydrogens is 359 g/mol. The Bertz CT molecular complexity index is 737. The predicted octanol–water partition coefficient (Wildman–Crippen LogP) is 5.38. The Morgan fingerprint density at radius 2 is 1.96 bits per heavy atom. The number of anilines is 1. The van der Waals surface area contributed by atoms with Crippen LogP contribution in [0.1, 0.15) is 25.8 Å². The zero-order chi connectivity index (χ0) is 17.4. The minimum Gasteiger partial charge on any atom is -0.360 e. The second-order valence-electron chi connectivity index (χ2n) is 4.46. The number of hydrogen-bond acceptors (Lipinski definition) is 5. The molecule has 0 spiro atoms. The van der Waals surface area contributed by atoms with Crippen molar-refractivity contribution in [2.45, 2.75) is 26.8 Å². The summed E-state index contributed by atoms with van der Waals surface area (Å²) in [5.41, 5.74) is 0.424. The van der Waals surface area contributed by atoms with Gasteiger partial charge >= 0.3 is 5.69 Å². The summed E-state index contributed by atoms with van der Waals surface area (Å²) in [5, 5.41) is 14.2. The molecule has 9 heteroatoms. The molecule has 0 aliphatic rings. The highest BCUT2D eigenvalue weighted by atomic mass is 35.5. The van der Waals surface area contributed by atoms with E-state index in [9.17, 15) is 10.1 Å². The van der Waals surface area contributed by atoms with E-state index in [0.717, 1.165) is 5.56 Å². The third-order valence-corrected chi connectivity index (χ3v) is 3.28. The fourth-order valence-corrected chi connectivity index (χ4v) is 2.25. The van der Waals surface area contributed by atoms with Crippen LogP contribution in [0.5, 0.6) is 0 Å². The molecule has 1 aromatic heterocycles. The first kappa shape index (κ1) is 19.3. The van der Waals surface area contributed by atoms with Crippen LogP contribution in [-0.4, -0.2) is 14.9 Å². The van der Waals surface area contributed by atoms with E-state index in [2.05, 4.69) is 29.1 Å². The molecule has 0 saturated carbocycles. The molecule has 2 N–H and O–H groups in total. The van der Waals surface area contributed by atoms with Crippen LogP contribution in [-0.2, 0) is 6.54 Å². The van der Waals surface area contributed by atoms with Gasteiger partial charge in [0.15, 0.2) is 9.92 Å². The number of rotatable bonds is 4. The van der Waals surface area contributed by atoms with E-state index in [1.165, 1.54) is 6.42 Å². The van der Waals surface area contributed by atoms with Crippen molar-refractivity contribution in [3.05, 3.63) is 54.9 Å². The van der Waals surface area contributed by atoms with Gasteiger partial charge in [-0.3, -0.25) is 10.1 Å². The fourth-order valence-electron chi connectivity index (χ4n) is 1.55. The van der Waals surface area contributed by atoms with E-state index in [1.807, 2.05) is 6.07 Å². The number of H-pyrrole nitrogens is 1. The van der Waals surface area contributed by atoms with Gasteiger partial charge in [-0.05, 0) is 23.8 Å². The van der Waals surface area contributed by atoms with Crippen molar-refractivity contribution < 1.29 is 4.92 Å². The molecule has 1 aromatic carbocycles. The van der Waals surface area contributed by atoms with E-state index in [1.54, 1.807) is 18.2 Å². The normalized spacial score (nSPS) is 9.74. The second-order valence-corrected chi connectivity index (χ2v) is 5.63. The second kappa shape index (κ2) is 9.44. The number of hydrogen-bond donors (Lipinski definition) is 2. The van der Waals surface area contributed by atoms with Gasteiger partial charge in [0.05, 0.1) is 4.92 Å². The number of aromatic nitrogens is 2. The van der Waals surface area contributed by atoms with E-state index in [4.69, 9.17) is 35.4 Å². The molecule has 0 unspecified atom stereocenters. The SMILES string of the molecule is CCC.O=[N+]([O-])c1c(NCc2ccccc2Cl)nc(=S)[nH]c1Cl. The van der Waals surface area contributed by atoms with Crippen molar-refractivity contribution in [2.24, 2.45) is 0 Å². The minimum absolute atomic E-state index is 0.00340. The Labute approximate surface area is 149 Å². The maximum Gasteiger partial charge on any atom is 0.346 e. The first-order valence-electron chi connectivity index (χ1n) is 6.82. The Balaban J connectivity index is 0.000000816. The number of halogens is 2. The van der Waals surface area contributed by atoms with Gasteiger partial charge in [0, 0.05) is 11.6 Å². The molecule has 0 fully saturated rings. The van der Waals surface area contributed by atoms with Crippen molar-refractivity contribution in [1.82, 2.24) is 9.97 Å². The first-order chi connectivity index (χ1) is 10.9. The highest BCUT2D eigenvalue weighted by Crippen LogP contribution is 2.29. The Morgan fingerprint density at radius 3 is 2.52 bits per heavy atom. The molecule has 2 aromatic rings. The first-order valence-corrected chi connectivity index (χ1v) is 7.98. The molecule has 23 heavy (non-hydrogen) atoms. The summed E-state index contributed by atoms with van der Waals surface area (Å²) in [4.78, 5) is 16.7. The average molecular weight is 375 g/mol. The van der Waals surface area contributed by atoms with Crippen LogP contribution in [0, 0.1) is 14.9 Å². The third kappa shape index (κ3) is 5.78. The van der Waals surface area contributed by atoms with E-state index in [-0.39, 0.29) is 28.0 Å². The molecule has 1 heterocycles. The average Bonchev–Trinajstić information content (AvgIpc) is 2.46. The van der Waals surface area contributed by atoms with Gasteiger partial charge < -0.3 is 10.3 Å². The van der Waals surface area contributed by atoms with Crippen molar-refractivity contribution >= 4 is 46.9 Å². The van der Waals surface area contributed by atoms with Crippen molar-refractivity contribution in [3.63, 3.8) is 0 Å². The molecule has 0 aliphatic heterocycles. The third-order valence-electron chi connectivity index (χ3n) is 2.45. The molecule has 0 radical (unpaired) electrons. The molecule has 0 saturated heterocycles. The van der Waals surface area contributed by atoms with Crippen LogP contribution in [0.4, 0.5) is 11.5 Å². The monoisotopic (exact) mass is 374 g/mol. The summed E-state index contributed by atoms with van der Waals surface area (Å²) in [6, 6.07) is 7.13. The maximum absolute atomic E-state index is 11.0. The van der Waals surface area contributed by atoms with Gasteiger partial charge in [0.1, 0.15) is 0 Å². The molecule has 2 rings (SSSR count). The summed E-state index contributed by atoms with van der Waals surface area (Å²) in [6.07, 6.45) is 1.25. The quantitative estimate of drug-likeness (QED) is 0.324. The smallest absolute Gasteiger partial charge is 0.346 e. The summed E-state index contributed by atoms with van der Waals surface area (Å²) >= 11 is 16.6. The van der Waals surface area contributed by atoms with E-state index < -0.39 is 4.92 Å². The molecule has 0 aliphatic carbocycles. The number of nitrogens with one attached hydrogen (secondary N) is 2. The zero-order valence-electron chi connectivity index (χ0n) is 12.6. The molecule has 0 bridgehead atoms. The molecule has 0 amide bonds. The van der Waals surface area contributed by atoms with Crippen molar-refractivity contribution in [1.29, 1.82) is 0 Å². The molecule has 0 atom stereocenters. The van der Waals surface area contributed by atoms with Crippen LogP contribution in [0.25, 0.3) is 0 Å². The van der Waals surface area contributed by atoms with Crippen LogP contribution >= 0.6 is 35.4 Å². The lowest BCUT2D eigenvalue weighted by Gasteiger charge is -2.08. The topological polar surface area (TPSA) is 83.8 Å². The highest BCUT2D eigenvalue weighted by molar-refractivity contribution is 7.71. The summed E-state index contributed by atoms with van der Waals surface area (Å²) in [6.45, 7) is 4.52. The van der Waals surface area contributed by atoms with Gasteiger partial charge in [-0.15, -0.1) is 0 Å². The minimum atomic E-state index is -0.629. The lowest BCUT2D eigenvalue weighted by molar-refractivity contribution is -0.384.